The van der Waals surface area contributed by atoms with Gasteiger partial charge in [0.05, 0.1) is 22.5 Å². The SMILES string of the molecule is O=S(=O)(CCO)Nc1ccc(Br)c(F)c1. The Balaban J connectivity index is 2.86. The fourth-order valence-corrected chi connectivity index (χ4v) is 1.99. The van der Waals surface area contributed by atoms with Gasteiger partial charge in [0.25, 0.3) is 0 Å². The fraction of sp³-hybridized carbons (Fsp3) is 0.250. The molecule has 0 fully saturated rings. The van der Waals surface area contributed by atoms with Crippen molar-refractivity contribution in [2.45, 2.75) is 0 Å². The van der Waals surface area contributed by atoms with Gasteiger partial charge in [-0.3, -0.25) is 4.72 Å². The third-order valence-electron chi connectivity index (χ3n) is 1.55. The Morgan fingerprint density at radius 2 is 2.13 bits per heavy atom. The van der Waals surface area contributed by atoms with Crippen molar-refractivity contribution in [1.82, 2.24) is 0 Å². The number of halogens is 2. The molecule has 0 saturated heterocycles. The highest BCUT2D eigenvalue weighted by Gasteiger charge is 2.10. The van der Waals surface area contributed by atoms with E-state index in [0.29, 0.717) is 0 Å². The summed E-state index contributed by atoms with van der Waals surface area (Å²) in [5.74, 6) is -0.968. The van der Waals surface area contributed by atoms with E-state index >= 15 is 0 Å². The smallest absolute Gasteiger partial charge is 0.234 e. The summed E-state index contributed by atoms with van der Waals surface area (Å²) in [4.78, 5) is 0. The van der Waals surface area contributed by atoms with Gasteiger partial charge in [-0.2, -0.15) is 0 Å². The summed E-state index contributed by atoms with van der Waals surface area (Å²) in [6.45, 7) is -0.478. The molecule has 0 aliphatic rings. The van der Waals surface area contributed by atoms with Gasteiger partial charge in [-0.15, -0.1) is 0 Å². The summed E-state index contributed by atoms with van der Waals surface area (Å²) in [5, 5.41) is 8.48. The zero-order chi connectivity index (χ0) is 11.5. The highest BCUT2D eigenvalue weighted by atomic mass is 79.9. The van der Waals surface area contributed by atoms with E-state index in [1.165, 1.54) is 12.1 Å². The highest BCUT2D eigenvalue weighted by molar-refractivity contribution is 9.10. The molecule has 7 heteroatoms. The molecule has 15 heavy (non-hydrogen) atoms. The van der Waals surface area contributed by atoms with Crippen molar-refractivity contribution in [2.75, 3.05) is 17.1 Å². The molecule has 84 valence electrons. The van der Waals surface area contributed by atoms with Gasteiger partial charge in [0.15, 0.2) is 0 Å². The minimum atomic E-state index is -3.60. The second-order valence-corrected chi connectivity index (χ2v) is 5.47. The van der Waals surface area contributed by atoms with Crippen LogP contribution in [-0.4, -0.2) is 25.9 Å². The molecule has 1 aromatic rings. The van der Waals surface area contributed by atoms with Crippen LogP contribution in [0.1, 0.15) is 0 Å². The fourth-order valence-electron chi connectivity index (χ4n) is 0.910. The minimum absolute atomic E-state index is 0.129. The summed E-state index contributed by atoms with van der Waals surface area (Å²) in [7, 11) is -3.60. The minimum Gasteiger partial charge on any atom is -0.395 e. The van der Waals surface area contributed by atoms with Crippen LogP contribution in [0.3, 0.4) is 0 Å². The van der Waals surface area contributed by atoms with Crippen LogP contribution in [0.5, 0.6) is 0 Å². The van der Waals surface area contributed by atoms with Gasteiger partial charge in [0, 0.05) is 0 Å². The standard InChI is InChI=1S/C8H9BrFNO3S/c9-7-2-1-6(5-8(7)10)11-15(13,14)4-3-12/h1-2,5,11-12H,3-4H2. The van der Waals surface area contributed by atoms with E-state index in [-0.39, 0.29) is 10.2 Å². The zero-order valence-electron chi connectivity index (χ0n) is 7.57. The molecule has 0 radical (unpaired) electrons. The molecule has 0 amide bonds. The number of aliphatic hydroxyl groups excluding tert-OH is 1. The molecule has 0 aromatic heterocycles. The second kappa shape index (κ2) is 4.91. The summed E-state index contributed by atoms with van der Waals surface area (Å²) in [6.07, 6.45) is 0. The van der Waals surface area contributed by atoms with Crippen LogP contribution in [0.25, 0.3) is 0 Å². The quantitative estimate of drug-likeness (QED) is 0.881. The highest BCUT2D eigenvalue weighted by Crippen LogP contribution is 2.19. The van der Waals surface area contributed by atoms with Crippen molar-refractivity contribution in [2.24, 2.45) is 0 Å². The van der Waals surface area contributed by atoms with E-state index < -0.39 is 28.2 Å². The number of sulfonamides is 1. The van der Waals surface area contributed by atoms with Gasteiger partial charge in [0.2, 0.25) is 10.0 Å². The molecule has 0 spiro atoms. The molecular weight excluding hydrogens is 289 g/mol. The molecule has 4 nitrogen and oxygen atoms in total. The van der Waals surface area contributed by atoms with Crippen molar-refractivity contribution in [3.8, 4) is 0 Å². The predicted molar refractivity (Wildman–Crippen MR) is 58.6 cm³/mol. The maximum Gasteiger partial charge on any atom is 0.234 e. The van der Waals surface area contributed by atoms with Crippen LogP contribution in [0, 0.1) is 5.82 Å². The number of rotatable bonds is 4. The monoisotopic (exact) mass is 297 g/mol. The van der Waals surface area contributed by atoms with Crippen LogP contribution in [0.2, 0.25) is 0 Å². The third-order valence-corrected chi connectivity index (χ3v) is 3.46. The second-order valence-electron chi connectivity index (χ2n) is 2.77. The van der Waals surface area contributed by atoms with Gasteiger partial charge in [-0.1, -0.05) is 0 Å². The van der Waals surface area contributed by atoms with Crippen molar-refractivity contribution < 1.29 is 17.9 Å². The molecule has 0 aliphatic carbocycles. The van der Waals surface area contributed by atoms with E-state index in [9.17, 15) is 12.8 Å². The lowest BCUT2D eigenvalue weighted by molar-refractivity contribution is 0.320. The van der Waals surface area contributed by atoms with Crippen molar-refractivity contribution in [3.63, 3.8) is 0 Å². The van der Waals surface area contributed by atoms with Crippen LogP contribution in [-0.2, 0) is 10.0 Å². The Kier molecular flexibility index (Phi) is 4.06. The lowest BCUT2D eigenvalue weighted by atomic mass is 10.3. The van der Waals surface area contributed by atoms with Gasteiger partial charge in [-0.05, 0) is 34.1 Å². The third kappa shape index (κ3) is 3.77. The number of anilines is 1. The lowest BCUT2D eigenvalue weighted by Crippen LogP contribution is -2.18. The first-order chi connectivity index (χ1) is 6.94. The number of aliphatic hydroxyl groups is 1. The molecule has 0 atom stereocenters. The molecular formula is C8H9BrFNO3S. The van der Waals surface area contributed by atoms with E-state index in [1.807, 2.05) is 0 Å². The molecule has 2 N–H and O–H groups in total. The first kappa shape index (κ1) is 12.4. The maximum absolute atomic E-state index is 13.0. The lowest BCUT2D eigenvalue weighted by Gasteiger charge is -2.06. The van der Waals surface area contributed by atoms with Crippen LogP contribution >= 0.6 is 15.9 Å². The van der Waals surface area contributed by atoms with Crippen molar-refractivity contribution in [3.05, 3.63) is 28.5 Å². The first-order valence-electron chi connectivity index (χ1n) is 4.01. The summed E-state index contributed by atoms with van der Waals surface area (Å²) < 4.78 is 37.8. The number of hydrogen-bond donors (Lipinski definition) is 2. The normalized spacial score (nSPS) is 11.4. The summed E-state index contributed by atoms with van der Waals surface area (Å²) >= 11 is 2.95. The molecule has 1 rings (SSSR count). The topological polar surface area (TPSA) is 66.4 Å². The molecule has 0 bridgehead atoms. The molecule has 0 heterocycles. The van der Waals surface area contributed by atoms with Gasteiger partial charge in [-0.25, -0.2) is 12.8 Å². The number of benzene rings is 1. The number of nitrogens with one attached hydrogen (secondary N) is 1. The Bertz CT molecular complexity index is 449. The zero-order valence-corrected chi connectivity index (χ0v) is 9.98. The largest absolute Gasteiger partial charge is 0.395 e. The van der Waals surface area contributed by atoms with Gasteiger partial charge in [0.1, 0.15) is 5.82 Å². The number of hydrogen-bond acceptors (Lipinski definition) is 3. The molecule has 0 aliphatic heterocycles. The maximum atomic E-state index is 13.0. The molecule has 1 aromatic carbocycles. The Morgan fingerprint density at radius 1 is 1.47 bits per heavy atom. The van der Waals surface area contributed by atoms with Crippen LogP contribution < -0.4 is 4.72 Å². The summed E-state index contributed by atoms with van der Waals surface area (Å²) in [6, 6.07) is 3.87. The van der Waals surface area contributed by atoms with E-state index in [0.717, 1.165) is 6.07 Å². The van der Waals surface area contributed by atoms with Crippen LogP contribution in [0.15, 0.2) is 22.7 Å². The Hall–Kier alpha value is -0.660. The molecule has 0 unspecified atom stereocenters. The van der Waals surface area contributed by atoms with E-state index in [1.54, 1.807) is 0 Å². The van der Waals surface area contributed by atoms with Gasteiger partial charge >= 0.3 is 0 Å². The Labute approximate surface area is 95.3 Å². The van der Waals surface area contributed by atoms with E-state index in [4.69, 9.17) is 5.11 Å². The first-order valence-corrected chi connectivity index (χ1v) is 6.45. The predicted octanol–water partition coefficient (Wildman–Crippen LogP) is 1.32. The van der Waals surface area contributed by atoms with E-state index in [2.05, 4.69) is 20.7 Å². The van der Waals surface area contributed by atoms with Crippen molar-refractivity contribution >= 4 is 31.6 Å². The summed E-state index contributed by atoms with van der Waals surface area (Å²) in [5.41, 5.74) is 0.129. The average Bonchev–Trinajstić information content (AvgIpc) is 2.10. The van der Waals surface area contributed by atoms with Gasteiger partial charge < -0.3 is 5.11 Å². The Morgan fingerprint density at radius 3 is 2.67 bits per heavy atom. The van der Waals surface area contributed by atoms with Crippen LogP contribution in [0.4, 0.5) is 10.1 Å². The van der Waals surface area contributed by atoms with Crippen molar-refractivity contribution in [1.29, 1.82) is 0 Å². The molecule has 0 saturated carbocycles. The average molecular weight is 298 g/mol.